The van der Waals surface area contributed by atoms with Crippen LogP contribution >= 0.6 is 0 Å². The summed E-state index contributed by atoms with van der Waals surface area (Å²) in [5, 5.41) is 14.2. The molecule has 0 fully saturated rings. The normalized spacial score (nSPS) is 12.4. The third-order valence-electron chi connectivity index (χ3n) is 5.40. The maximum Gasteiger partial charge on any atom is 0.289 e. The topological polar surface area (TPSA) is 95.3 Å². The molecule has 0 saturated heterocycles. The average Bonchev–Trinajstić information content (AvgIpc) is 3.15. The Kier molecular flexibility index (Phi) is 4.47. The van der Waals surface area contributed by atoms with Gasteiger partial charge in [0.15, 0.2) is 11.5 Å². The smallest absolute Gasteiger partial charge is 0.289 e. The number of anilines is 1. The summed E-state index contributed by atoms with van der Waals surface area (Å²) in [6.45, 7) is 4.00. The van der Waals surface area contributed by atoms with Crippen molar-refractivity contribution in [2.24, 2.45) is 0 Å². The molecule has 3 aromatic heterocycles. The lowest BCUT2D eigenvalue weighted by molar-refractivity contribution is 0.556. The first-order chi connectivity index (χ1) is 15.0. The van der Waals surface area contributed by atoms with Gasteiger partial charge in [-0.15, -0.1) is 0 Å². The van der Waals surface area contributed by atoms with E-state index in [0.717, 1.165) is 27.7 Å². The predicted octanol–water partition coefficient (Wildman–Crippen LogP) is 4.40. The summed E-state index contributed by atoms with van der Waals surface area (Å²) in [4.78, 5) is 14.6. The van der Waals surface area contributed by atoms with E-state index < -0.39 is 6.08 Å². The van der Waals surface area contributed by atoms with Gasteiger partial charge in [-0.1, -0.05) is 36.4 Å². The Hall–Kier alpha value is -4.07. The largest absolute Gasteiger partial charge is 0.360 e. The fourth-order valence-electron chi connectivity index (χ4n) is 3.96. The van der Waals surface area contributed by atoms with Crippen LogP contribution in [0.25, 0.3) is 27.6 Å². The zero-order chi connectivity index (χ0) is 21.5. The average molecular weight is 413 g/mol. The number of nitrogens with one attached hydrogen (secondary N) is 3. The van der Waals surface area contributed by atoms with Gasteiger partial charge in [-0.25, -0.2) is 9.97 Å². The maximum absolute atomic E-state index is 13.6. The molecule has 0 amide bonds. The van der Waals surface area contributed by atoms with Crippen LogP contribution in [0.15, 0.2) is 60.9 Å². The Bertz CT molecular complexity index is 1470. The molecule has 154 valence electrons. The third kappa shape index (κ3) is 3.22. The number of fused-ring (bicyclic) bond motifs is 2. The molecule has 7 nitrogen and oxygen atoms in total. The summed E-state index contributed by atoms with van der Waals surface area (Å²) in [6, 6.07) is 17.7. The highest BCUT2D eigenvalue weighted by atomic mass is 19.1. The third-order valence-corrected chi connectivity index (χ3v) is 5.40. The summed E-state index contributed by atoms with van der Waals surface area (Å²) in [7, 11) is 0. The van der Waals surface area contributed by atoms with Gasteiger partial charge < -0.3 is 10.3 Å². The summed E-state index contributed by atoms with van der Waals surface area (Å²) in [6.07, 6.45) is 0.642. The lowest BCUT2D eigenvalue weighted by atomic mass is 10.0. The Morgan fingerprint density at radius 2 is 1.90 bits per heavy atom. The summed E-state index contributed by atoms with van der Waals surface area (Å²) in [5.74, 6) is 0.449. The van der Waals surface area contributed by atoms with E-state index in [2.05, 4.69) is 31.3 Å². The van der Waals surface area contributed by atoms with Gasteiger partial charge in [0, 0.05) is 16.8 Å². The van der Waals surface area contributed by atoms with Crippen LogP contribution in [0.2, 0.25) is 0 Å². The molecule has 5 rings (SSSR count). The van der Waals surface area contributed by atoms with Crippen molar-refractivity contribution in [3.63, 3.8) is 0 Å². The Labute approximate surface area is 177 Å². The Balaban J connectivity index is 1.70. The number of benzene rings is 2. The SMILES string of the molecule is Cc1cccc2cc([C@H](C)Nc3ncnc4nc(F)[nH]c34)n(-c3ccccc3)c(=N)c12. The zero-order valence-corrected chi connectivity index (χ0v) is 17.0. The fraction of sp³-hybridized carbons (Fsp3) is 0.130. The van der Waals surface area contributed by atoms with E-state index in [0.29, 0.717) is 16.8 Å². The summed E-state index contributed by atoms with van der Waals surface area (Å²) in [5.41, 5.74) is 3.88. The number of rotatable bonds is 4. The fourth-order valence-corrected chi connectivity index (χ4v) is 3.96. The molecule has 0 aliphatic rings. The molecule has 3 heterocycles. The molecule has 0 aliphatic heterocycles. The minimum absolute atomic E-state index is 0.251. The molecular formula is C23H20FN7. The molecule has 0 aliphatic carbocycles. The van der Waals surface area contributed by atoms with Crippen molar-refractivity contribution in [2.75, 3.05) is 5.32 Å². The lowest BCUT2D eigenvalue weighted by Gasteiger charge is -2.23. The van der Waals surface area contributed by atoms with Crippen LogP contribution in [0.3, 0.4) is 0 Å². The molecule has 0 bridgehead atoms. The van der Waals surface area contributed by atoms with Crippen molar-refractivity contribution >= 4 is 27.8 Å². The van der Waals surface area contributed by atoms with Crippen LogP contribution in [0.5, 0.6) is 0 Å². The number of imidazole rings is 1. The number of aryl methyl sites for hydroxylation is 1. The van der Waals surface area contributed by atoms with E-state index in [-0.39, 0.29) is 11.7 Å². The molecular weight excluding hydrogens is 393 g/mol. The highest BCUT2D eigenvalue weighted by molar-refractivity contribution is 5.86. The van der Waals surface area contributed by atoms with E-state index in [1.165, 1.54) is 6.33 Å². The van der Waals surface area contributed by atoms with Gasteiger partial charge in [0.2, 0.25) is 0 Å². The van der Waals surface area contributed by atoms with Crippen molar-refractivity contribution in [3.8, 4) is 5.69 Å². The zero-order valence-electron chi connectivity index (χ0n) is 17.0. The molecule has 0 saturated carbocycles. The number of para-hydroxylation sites is 1. The monoisotopic (exact) mass is 413 g/mol. The van der Waals surface area contributed by atoms with Gasteiger partial charge in [0.1, 0.15) is 17.3 Å². The van der Waals surface area contributed by atoms with Crippen LogP contribution in [0, 0.1) is 18.4 Å². The molecule has 0 radical (unpaired) electrons. The second-order valence-corrected chi connectivity index (χ2v) is 7.44. The van der Waals surface area contributed by atoms with Crippen molar-refractivity contribution in [1.82, 2.24) is 24.5 Å². The number of H-pyrrole nitrogens is 1. The van der Waals surface area contributed by atoms with Crippen LogP contribution in [-0.4, -0.2) is 24.5 Å². The van der Waals surface area contributed by atoms with Gasteiger partial charge in [0.25, 0.3) is 6.08 Å². The molecule has 0 unspecified atom stereocenters. The van der Waals surface area contributed by atoms with Gasteiger partial charge in [-0.3, -0.25) is 9.98 Å². The van der Waals surface area contributed by atoms with E-state index in [1.54, 1.807) is 0 Å². The minimum atomic E-state index is -0.708. The van der Waals surface area contributed by atoms with Crippen LogP contribution in [-0.2, 0) is 0 Å². The Morgan fingerprint density at radius 3 is 2.71 bits per heavy atom. The Morgan fingerprint density at radius 1 is 1.10 bits per heavy atom. The molecule has 3 N–H and O–H groups in total. The molecule has 0 spiro atoms. The first kappa shape index (κ1) is 18.9. The number of pyridine rings is 1. The first-order valence-corrected chi connectivity index (χ1v) is 9.91. The first-order valence-electron chi connectivity index (χ1n) is 9.91. The van der Waals surface area contributed by atoms with Gasteiger partial charge in [-0.05, 0) is 43.0 Å². The number of hydrogen-bond donors (Lipinski definition) is 3. The predicted molar refractivity (Wildman–Crippen MR) is 118 cm³/mol. The molecule has 2 aromatic carbocycles. The highest BCUT2D eigenvalue weighted by Gasteiger charge is 2.18. The summed E-state index contributed by atoms with van der Waals surface area (Å²) >= 11 is 0. The van der Waals surface area contributed by atoms with Crippen molar-refractivity contribution < 1.29 is 4.39 Å². The van der Waals surface area contributed by atoms with Crippen molar-refractivity contribution in [2.45, 2.75) is 19.9 Å². The van der Waals surface area contributed by atoms with Crippen molar-refractivity contribution in [3.05, 3.63) is 83.7 Å². The van der Waals surface area contributed by atoms with E-state index in [9.17, 15) is 4.39 Å². The maximum atomic E-state index is 13.6. The minimum Gasteiger partial charge on any atom is -0.360 e. The number of hydrogen-bond acceptors (Lipinski definition) is 5. The highest BCUT2D eigenvalue weighted by Crippen LogP contribution is 2.26. The molecule has 8 heteroatoms. The van der Waals surface area contributed by atoms with Crippen LogP contribution in [0.4, 0.5) is 10.2 Å². The lowest BCUT2D eigenvalue weighted by Crippen LogP contribution is -2.26. The van der Waals surface area contributed by atoms with E-state index in [4.69, 9.17) is 5.41 Å². The van der Waals surface area contributed by atoms with Gasteiger partial charge in [-0.2, -0.15) is 9.37 Å². The standard InChI is InChI=1S/C23H20FN7/c1-13-7-6-8-15-11-17(31(20(25)18(13)15)16-9-4-3-5-10-16)14(2)28-21-19-22(27-12-26-21)30-23(24)29-19/h3-12,14,25H,1-2H3,(H2,26,27,28,29,30)/t14-/m0/s1. The second kappa shape index (κ2) is 7.32. The number of aromatic nitrogens is 5. The molecule has 1 atom stereocenters. The number of aromatic amines is 1. The van der Waals surface area contributed by atoms with Gasteiger partial charge in [0.05, 0.1) is 6.04 Å². The van der Waals surface area contributed by atoms with Crippen LogP contribution < -0.4 is 10.8 Å². The quantitative estimate of drug-likeness (QED) is 0.381. The van der Waals surface area contributed by atoms with Crippen molar-refractivity contribution in [1.29, 1.82) is 5.41 Å². The van der Waals surface area contributed by atoms with Gasteiger partial charge >= 0.3 is 0 Å². The molecule has 5 aromatic rings. The molecule has 31 heavy (non-hydrogen) atoms. The van der Waals surface area contributed by atoms with E-state index >= 15 is 0 Å². The number of nitrogens with zero attached hydrogens (tertiary/aromatic N) is 4. The number of halogens is 1. The van der Waals surface area contributed by atoms with Crippen LogP contribution in [0.1, 0.15) is 24.2 Å². The second-order valence-electron chi connectivity index (χ2n) is 7.44. The summed E-state index contributed by atoms with van der Waals surface area (Å²) < 4.78 is 15.6. The van der Waals surface area contributed by atoms with E-state index in [1.807, 2.05) is 66.9 Å².